The Morgan fingerprint density at radius 1 is 1.27 bits per heavy atom. The largest absolute Gasteiger partial charge is 0.363 e. The summed E-state index contributed by atoms with van der Waals surface area (Å²) in [5.41, 5.74) is 0.875. The minimum Gasteiger partial charge on any atom is -0.363 e. The van der Waals surface area contributed by atoms with Crippen LogP contribution in [-0.2, 0) is 9.84 Å². The predicted molar refractivity (Wildman–Crippen MR) is 125 cm³/mol. The Kier molecular flexibility index (Phi) is 8.07. The number of carbonyl (C=O) groups is 1. The van der Waals surface area contributed by atoms with Gasteiger partial charge in [-0.05, 0) is 37.5 Å². The van der Waals surface area contributed by atoms with Crippen LogP contribution in [-0.4, -0.2) is 38.2 Å². The van der Waals surface area contributed by atoms with Crippen LogP contribution in [0.1, 0.15) is 54.7 Å². The Morgan fingerprint density at radius 3 is 2.70 bits per heavy atom. The third-order valence-electron chi connectivity index (χ3n) is 5.42. The summed E-state index contributed by atoms with van der Waals surface area (Å²) in [6.07, 6.45) is 7.37. The van der Waals surface area contributed by atoms with Gasteiger partial charge >= 0.3 is 0 Å². The van der Waals surface area contributed by atoms with Crippen LogP contribution in [0.2, 0.25) is 5.02 Å². The molecule has 2 atom stereocenters. The zero-order valence-electron chi connectivity index (χ0n) is 18.4. The smallest absolute Gasteiger partial charge is 0.273 e. The second-order valence-electron chi connectivity index (χ2n) is 8.17. The highest BCUT2D eigenvalue weighted by molar-refractivity contribution is 7.93. The monoisotopic (exact) mass is 497 g/mol. The van der Waals surface area contributed by atoms with Crippen molar-refractivity contribution in [3.8, 4) is 0 Å². The molecule has 3 rings (SSSR count). The highest BCUT2D eigenvalue weighted by atomic mass is 35.5. The van der Waals surface area contributed by atoms with Crippen LogP contribution in [0.25, 0.3) is 0 Å². The Bertz CT molecular complexity index is 1160. The maximum absolute atomic E-state index is 14.9. The maximum Gasteiger partial charge on any atom is 0.273 e. The molecule has 1 amide bonds. The summed E-state index contributed by atoms with van der Waals surface area (Å²) in [5, 5.41) is 3.80. The number of nitrogens with one attached hydrogen (secondary N) is 1. The van der Waals surface area contributed by atoms with Crippen molar-refractivity contribution in [2.45, 2.75) is 44.7 Å². The van der Waals surface area contributed by atoms with E-state index >= 15 is 0 Å². The molecule has 6 nitrogen and oxygen atoms in total. The summed E-state index contributed by atoms with van der Waals surface area (Å²) < 4.78 is 50.9. The molecular formula is C23H26ClF2N3O3S. The van der Waals surface area contributed by atoms with Gasteiger partial charge in [-0.3, -0.25) is 4.79 Å². The maximum atomic E-state index is 14.9. The topological polar surface area (TPSA) is 79.4 Å². The van der Waals surface area contributed by atoms with E-state index in [-0.39, 0.29) is 11.7 Å². The number of hydrogen-bond acceptors (Lipinski definition) is 5. The molecule has 1 saturated heterocycles. The van der Waals surface area contributed by atoms with Crippen molar-refractivity contribution in [3.63, 3.8) is 0 Å². The lowest BCUT2D eigenvalue weighted by Crippen LogP contribution is -2.33. The second kappa shape index (κ2) is 10.6. The van der Waals surface area contributed by atoms with E-state index in [0.29, 0.717) is 17.3 Å². The average Bonchev–Trinajstić information content (AvgIpc) is 2.97. The van der Waals surface area contributed by atoms with Crippen LogP contribution in [0, 0.1) is 11.6 Å². The molecule has 0 radical (unpaired) electrons. The summed E-state index contributed by atoms with van der Waals surface area (Å²) in [7, 11) is -3.34. The first-order chi connectivity index (χ1) is 15.5. The number of benzene rings is 1. The van der Waals surface area contributed by atoms with Gasteiger partial charge in [-0.25, -0.2) is 22.2 Å². The van der Waals surface area contributed by atoms with Gasteiger partial charge in [-0.1, -0.05) is 36.6 Å². The average molecular weight is 498 g/mol. The fourth-order valence-electron chi connectivity index (χ4n) is 3.85. The number of sulfone groups is 1. The van der Waals surface area contributed by atoms with Crippen molar-refractivity contribution in [1.82, 2.24) is 10.3 Å². The molecule has 1 aliphatic heterocycles. The summed E-state index contributed by atoms with van der Waals surface area (Å²) in [5.74, 6) is -1.97. The van der Waals surface area contributed by atoms with Crippen molar-refractivity contribution < 1.29 is 22.0 Å². The lowest BCUT2D eigenvalue weighted by molar-refractivity contribution is 0.0937. The SMILES string of the molecule is C[C@H](/C=C/S(C)(=O)=O)NC(=O)c1ncc(N2CCCCCC2c2ccc(F)cc2Cl)cc1F. The number of nitrogens with zero attached hydrogens (tertiary/aromatic N) is 2. The van der Waals surface area contributed by atoms with Crippen LogP contribution in [0.15, 0.2) is 41.9 Å². The van der Waals surface area contributed by atoms with E-state index in [4.69, 9.17) is 11.6 Å². The molecule has 1 aliphatic rings. The molecule has 1 unspecified atom stereocenters. The van der Waals surface area contributed by atoms with Gasteiger partial charge in [0.1, 0.15) is 5.82 Å². The Hall–Kier alpha value is -2.52. The van der Waals surface area contributed by atoms with Crippen LogP contribution in [0.3, 0.4) is 0 Å². The number of anilines is 1. The van der Waals surface area contributed by atoms with E-state index in [1.807, 2.05) is 4.90 Å². The summed E-state index contributed by atoms with van der Waals surface area (Å²) >= 11 is 6.32. The van der Waals surface area contributed by atoms with Crippen molar-refractivity contribution in [2.24, 2.45) is 0 Å². The van der Waals surface area contributed by atoms with Crippen molar-refractivity contribution in [1.29, 1.82) is 0 Å². The standard InChI is InChI=1S/C23H26ClF2N3O3S/c1-15(9-11-33(2,31)32)28-23(30)22-20(26)13-17(14-27-22)29-10-5-3-4-6-21(29)18-8-7-16(25)12-19(18)24/h7-9,11-15,21H,3-6,10H2,1-2H3,(H,28,30)/b11-9+/t15-,21?/m1/s1. The van der Waals surface area contributed by atoms with Crippen molar-refractivity contribution in [3.05, 3.63) is 69.9 Å². The number of halogens is 3. The second-order valence-corrected chi connectivity index (χ2v) is 10.5. The van der Waals surface area contributed by atoms with E-state index in [2.05, 4.69) is 10.3 Å². The minimum atomic E-state index is -3.34. The molecule has 178 valence electrons. The number of aromatic nitrogens is 1. The first-order valence-electron chi connectivity index (χ1n) is 10.6. The Labute approximate surface area is 197 Å². The molecule has 1 aromatic carbocycles. The molecule has 1 fully saturated rings. The number of carbonyl (C=O) groups excluding carboxylic acids is 1. The third-order valence-corrected chi connectivity index (χ3v) is 6.40. The normalized spacial score (nSPS) is 18.2. The van der Waals surface area contributed by atoms with E-state index in [0.717, 1.165) is 42.9 Å². The Morgan fingerprint density at radius 2 is 2.03 bits per heavy atom. The molecule has 1 aromatic heterocycles. The third kappa shape index (κ3) is 6.74. The minimum absolute atomic E-state index is 0.178. The van der Waals surface area contributed by atoms with Crippen LogP contribution in [0.5, 0.6) is 0 Å². The van der Waals surface area contributed by atoms with Gasteiger partial charge in [0.05, 0.1) is 17.9 Å². The lowest BCUT2D eigenvalue weighted by Gasteiger charge is -2.33. The molecule has 0 bridgehead atoms. The number of hydrogen-bond donors (Lipinski definition) is 1. The Balaban J connectivity index is 1.84. The van der Waals surface area contributed by atoms with Crippen molar-refractivity contribution >= 4 is 33.0 Å². The van der Waals surface area contributed by atoms with E-state index in [1.54, 1.807) is 13.0 Å². The molecule has 0 spiro atoms. The molecule has 0 aliphatic carbocycles. The quantitative estimate of drug-likeness (QED) is 0.619. The lowest BCUT2D eigenvalue weighted by atomic mass is 10.00. The fraction of sp³-hybridized carbons (Fsp3) is 0.391. The van der Waals surface area contributed by atoms with E-state index in [1.165, 1.54) is 30.5 Å². The van der Waals surface area contributed by atoms with Gasteiger partial charge in [0, 0.05) is 35.3 Å². The molecule has 33 heavy (non-hydrogen) atoms. The first-order valence-corrected chi connectivity index (χ1v) is 12.9. The molecule has 1 N–H and O–H groups in total. The van der Waals surface area contributed by atoms with E-state index in [9.17, 15) is 22.0 Å². The van der Waals surface area contributed by atoms with Crippen molar-refractivity contribution in [2.75, 3.05) is 17.7 Å². The van der Waals surface area contributed by atoms with E-state index < -0.39 is 33.4 Å². The number of pyridine rings is 1. The molecule has 10 heteroatoms. The summed E-state index contributed by atoms with van der Waals surface area (Å²) in [6, 6.07) is 4.72. The van der Waals surface area contributed by atoms with Gasteiger partial charge in [0.25, 0.3) is 5.91 Å². The summed E-state index contributed by atoms with van der Waals surface area (Å²) in [6.45, 7) is 2.21. The molecule has 2 aromatic rings. The fourth-order valence-corrected chi connectivity index (χ4v) is 4.66. The highest BCUT2D eigenvalue weighted by Gasteiger charge is 2.26. The van der Waals surface area contributed by atoms with Gasteiger partial charge in [-0.15, -0.1) is 0 Å². The van der Waals surface area contributed by atoms with Gasteiger partial charge < -0.3 is 10.2 Å². The summed E-state index contributed by atoms with van der Waals surface area (Å²) in [4.78, 5) is 18.5. The predicted octanol–water partition coefficient (Wildman–Crippen LogP) is 4.81. The molecule has 2 heterocycles. The van der Waals surface area contributed by atoms with Gasteiger partial charge in [-0.2, -0.15) is 0 Å². The number of rotatable bonds is 6. The zero-order valence-corrected chi connectivity index (χ0v) is 20.0. The number of amides is 1. The molecular weight excluding hydrogens is 472 g/mol. The van der Waals surface area contributed by atoms with Gasteiger partial charge in [0.2, 0.25) is 0 Å². The van der Waals surface area contributed by atoms with Crippen LogP contribution in [0.4, 0.5) is 14.5 Å². The van der Waals surface area contributed by atoms with Crippen LogP contribution < -0.4 is 10.2 Å². The highest BCUT2D eigenvalue weighted by Crippen LogP contribution is 2.37. The first kappa shape index (κ1) is 25.1. The zero-order chi connectivity index (χ0) is 24.2. The van der Waals surface area contributed by atoms with Crippen LogP contribution >= 0.6 is 11.6 Å². The molecule has 0 saturated carbocycles. The van der Waals surface area contributed by atoms with Gasteiger partial charge in [0.15, 0.2) is 21.3 Å².